The third-order valence-corrected chi connectivity index (χ3v) is 4.63. The van der Waals surface area contributed by atoms with Crippen LogP contribution in [0.1, 0.15) is 21.5 Å². The second-order valence-corrected chi connectivity index (χ2v) is 6.20. The normalized spacial score (nSPS) is 13.3. The lowest BCUT2D eigenvalue weighted by molar-refractivity contribution is 0.102. The van der Waals surface area contributed by atoms with E-state index in [0.717, 1.165) is 27.7 Å². The first-order valence-electron chi connectivity index (χ1n) is 8.33. The zero-order valence-corrected chi connectivity index (χ0v) is 14.3. The fourth-order valence-electron chi connectivity index (χ4n) is 3.30. The number of hydrogen-bond donors (Lipinski definition) is 2. The van der Waals surface area contributed by atoms with Crippen LogP contribution in [0.4, 0.5) is 10.5 Å². The van der Waals surface area contributed by atoms with E-state index in [1.807, 2.05) is 30.5 Å². The number of methoxy groups -OCH3 is 1. The number of aromatic amines is 1. The van der Waals surface area contributed by atoms with E-state index < -0.39 is 0 Å². The van der Waals surface area contributed by atoms with Crippen molar-refractivity contribution in [1.29, 1.82) is 0 Å². The smallest absolute Gasteiger partial charge is 0.409 e. The number of hydrogen-bond acceptors (Lipinski definition) is 4. The minimum absolute atomic E-state index is 0.198. The summed E-state index contributed by atoms with van der Waals surface area (Å²) in [6.45, 7) is 0.907. The number of anilines is 1. The molecule has 132 valence electrons. The molecule has 0 bridgehead atoms. The lowest BCUT2D eigenvalue weighted by atomic mass is 9.97. The summed E-state index contributed by atoms with van der Waals surface area (Å²) in [7, 11) is 1.36. The average Bonchev–Trinajstić information content (AvgIpc) is 3.14. The van der Waals surface area contributed by atoms with E-state index in [9.17, 15) is 9.59 Å². The summed E-state index contributed by atoms with van der Waals surface area (Å²) in [5, 5.41) is 3.97. The third kappa shape index (κ3) is 2.88. The van der Waals surface area contributed by atoms with Gasteiger partial charge in [0, 0.05) is 41.7 Å². The zero-order valence-electron chi connectivity index (χ0n) is 14.3. The molecule has 4 rings (SSSR count). The minimum Gasteiger partial charge on any atom is -0.453 e. The Morgan fingerprint density at radius 3 is 3.00 bits per heavy atom. The summed E-state index contributed by atoms with van der Waals surface area (Å²) < 4.78 is 4.77. The number of carbonyl (C=O) groups excluding carboxylic acids is 2. The van der Waals surface area contributed by atoms with Gasteiger partial charge in [-0.2, -0.15) is 0 Å². The van der Waals surface area contributed by atoms with Gasteiger partial charge in [0.15, 0.2) is 0 Å². The lowest BCUT2D eigenvalue weighted by Crippen LogP contribution is -2.36. The van der Waals surface area contributed by atoms with Crippen molar-refractivity contribution < 1.29 is 14.3 Å². The van der Waals surface area contributed by atoms with Crippen molar-refractivity contribution in [3.63, 3.8) is 0 Å². The summed E-state index contributed by atoms with van der Waals surface area (Å²) in [6, 6.07) is 7.67. The van der Waals surface area contributed by atoms with E-state index in [1.54, 1.807) is 17.3 Å². The predicted molar refractivity (Wildman–Crippen MR) is 97.0 cm³/mol. The third-order valence-electron chi connectivity index (χ3n) is 4.63. The van der Waals surface area contributed by atoms with Gasteiger partial charge in [0.05, 0.1) is 19.2 Å². The van der Waals surface area contributed by atoms with E-state index >= 15 is 0 Å². The molecular formula is C19H18N4O3. The first-order chi connectivity index (χ1) is 12.7. The fraction of sp³-hybridized carbons (Fsp3) is 0.211. The zero-order chi connectivity index (χ0) is 18.1. The van der Waals surface area contributed by atoms with Crippen molar-refractivity contribution in [2.75, 3.05) is 19.0 Å². The summed E-state index contributed by atoms with van der Waals surface area (Å²) in [4.78, 5) is 33.4. The van der Waals surface area contributed by atoms with Gasteiger partial charge in [-0.05, 0) is 41.8 Å². The van der Waals surface area contributed by atoms with Crippen LogP contribution < -0.4 is 5.32 Å². The number of carbonyl (C=O) groups is 2. The average molecular weight is 350 g/mol. The number of fused-ring (bicyclic) bond motifs is 2. The van der Waals surface area contributed by atoms with Crippen LogP contribution in [0.5, 0.6) is 0 Å². The largest absolute Gasteiger partial charge is 0.453 e. The van der Waals surface area contributed by atoms with Gasteiger partial charge in [-0.1, -0.05) is 0 Å². The molecule has 7 nitrogen and oxygen atoms in total. The molecule has 0 radical (unpaired) electrons. The van der Waals surface area contributed by atoms with E-state index in [0.29, 0.717) is 25.1 Å². The van der Waals surface area contributed by atoms with Gasteiger partial charge in [-0.25, -0.2) is 4.79 Å². The maximum atomic E-state index is 12.8. The molecule has 0 aliphatic carbocycles. The van der Waals surface area contributed by atoms with E-state index in [4.69, 9.17) is 4.74 Å². The maximum Gasteiger partial charge on any atom is 0.409 e. The maximum absolute atomic E-state index is 12.8. The Bertz CT molecular complexity index is 995. The van der Waals surface area contributed by atoms with Gasteiger partial charge in [0.2, 0.25) is 0 Å². The molecule has 1 aliphatic rings. The molecule has 2 amide bonds. The molecule has 0 spiro atoms. The van der Waals surface area contributed by atoms with Crippen molar-refractivity contribution in [3.05, 3.63) is 59.5 Å². The lowest BCUT2D eigenvalue weighted by Gasteiger charge is -2.28. The van der Waals surface area contributed by atoms with Crippen LogP contribution in [0, 0.1) is 0 Å². The number of ether oxygens (including phenoxy) is 1. The molecule has 0 atom stereocenters. The monoisotopic (exact) mass is 350 g/mol. The van der Waals surface area contributed by atoms with Gasteiger partial charge >= 0.3 is 6.09 Å². The highest BCUT2D eigenvalue weighted by Gasteiger charge is 2.25. The number of pyridine rings is 1. The molecule has 0 saturated carbocycles. The van der Waals surface area contributed by atoms with Crippen molar-refractivity contribution in [1.82, 2.24) is 14.9 Å². The number of rotatable bonds is 2. The van der Waals surface area contributed by atoms with Crippen molar-refractivity contribution >= 4 is 28.6 Å². The number of aromatic nitrogens is 2. The van der Waals surface area contributed by atoms with Gasteiger partial charge in [0.1, 0.15) is 0 Å². The topological polar surface area (TPSA) is 87.3 Å². The van der Waals surface area contributed by atoms with Crippen molar-refractivity contribution in [2.24, 2.45) is 0 Å². The van der Waals surface area contributed by atoms with E-state index in [2.05, 4.69) is 15.3 Å². The summed E-state index contributed by atoms with van der Waals surface area (Å²) >= 11 is 0. The Hall–Kier alpha value is -3.35. The molecule has 0 unspecified atom stereocenters. The highest BCUT2D eigenvalue weighted by Crippen LogP contribution is 2.24. The minimum atomic E-state index is -0.370. The number of H-pyrrole nitrogens is 1. The molecule has 1 aliphatic heterocycles. The first-order valence-corrected chi connectivity index (χ1v) is 8.33. The van der Waals surface area contributed by atoms with Gasteiger partial charge in [-0.15, -0.1) is 0 Å². The number of nitrogens with one attached hydrogen (secondary N) is 2. The van der Waals surface area contributed by atoms with Crippen LogP contribution in [0.3, 0.4) is 0 Å². The van der Waals surface area contributed by atoms with Crippen molar-refractivity contribution in [2.45, 2.75) is 13.0 Å². The van der Waals surface area contributed by atoms with Crippen LogP contribution in [-0.4, -0.2) is 40.5 Å². The molecule has 1 aromatic carbocycles. The molecule has 2 N–H and O–H groups in total. The number of benzene rings is 1. The summed E-state index contributed by atoms with van der Waals surface area (Å²) in [5.41, 5.74) is 4.09. The standard InChI is InChI=1S/C19H18N4O3/c1-26-19(25)23-7-5-15-13(11-23)9-20-10-16(15)18(24)22-14-2-3-17-12(8-14)4-6-21-17/h2-4,6,8-10,21H,5,7,11H2,1H3,(H,22,24). The molecule has 26 heavy (non-hydrogen) atoms. The number of amides is 2. The Kier molecular flexibility index (Phi) is 4.04. The first kappa shape index (κ1) is 16.1. The van der Waals surface area contributed by atoms with Gasteiger partial charge in [-0.3, -0.25) is 9.78 Å². The molecule has 3 aromatic rings. The highest BCUT2D eigenvalue weighted by molar-refractivity contribution is 6.06. The SMILES string of the molecule is COC(=O)N1CCc2c(cncc2C(=O)Nc2ccc3[nH]ccc3c2)C1. The summed E-state index contributed by atoms with van der Waals surface area (Å²) in [6.07, 6.45) is 5.36. The number of nitrogens with zero attached hydrogens (tertiary/aromatic N) is 2. The molecule has 3 heterocycles. The molecule has 0 fully saturated rings. The Labute approximate surface area is 150 Å². The highest BCUT2D eigenvalue weighted by atomic mass is 16.5. The second-order valence-electron chi connectivity index (χ2n) is 6.20. The Morgan fingerprint density at radius 2 is 2.15 bits per heavy atom. The van der Waals surface area contributed by atoms with Crippen LogP contribution in [0.2, 0.25) is 0 Å². The van der Waals surface area contributed by atoms with Gasteiger partial charge < -0.3 is 19.9 Å². The second kappa shape index (κ2) is 6.51. The van der Waals surface area contributed by atoms with Crippen LogP contribution in [-0.2, 0) is 17.7 Å². The molecule has 7 heteroatoms. The van der Waals surface area contributed by atoms with Crippen LogP contribution >= 0.6 is 0 Å². The molecular weight excluding hydrogens is 332 g/mol. The van der Waals surface area contributed by atoms with Crippen LogP contribution in [0.25, 0.3) is 10.9 Å². The van der Waals surface area contributed by atoms with Crippen LogP contribution in [0.15, 0.2) is 42.9 Å². The van der Waals surface area contributed by atoms with E-state index in [-0.39, 0.29) is 12.0 Å². The van der Waals surface area contributed by atoms with Gasteiger partial charge in [0.25, 0.3) is 5.91 Å². The Morgan fingerprint density at radius 1 is 1.27 bits per heavy atom. The fourth-order valence-corrected chi connectivity index (χ4v) is 3.30. The van der Waals surface area contributed by atoms with Crippen molar-refractivity contribution in [3.8, 4) is 0 Å². The quantitative estimate of drug-likeness (QED) is 0.744. The summed E-state index contributed by atoms with van der Waals surface area (Å²) in [5.74, 6) is -0.198. The predicted octanol–water partition coefficient (Wildman–Crippen LogP) is 2.94. The molecule has 0 saturated heterocycles. The molecule has 2 aromatic heterocycles. The van der Waals surface area contributed by atoms with E-state index in [1.165, 1.54) is 7.11 Å². The Balaban J connectivity index is 1.58.